The van der Waals surface area contributed by atoms with Gasteiger partial charge in [0.2, 0.25) is 5.91 Å². The van der Waals surface area contributed by atoms with E-state index in [-0.39, 0.29) is 17.2 Å². The minimum atomic E-state index is 0.207. The summed E-state index contributed by atoms with van der Waals surface area (Å²) in [5.74, 6) is 0.418. The molecule has 0 aromatic rings. The standard InChI is InChI=1S/C12H19NO2/c1-2-3-6-13-11(14)10-8-12(10)5-4-7-15-9-12/h2-3,10H,4-9H2,1H3,(H,13,14)/b3-2+. The van der Waals surface area contributed by atoms with Crippen LogP contribution in [-0.2, 0) is 9.53 Å². The molecule has 15 heavy (non-hydrogen) atoms. The molecule has 0 bridgehead atoms. The molecule has 1 amide bonds. The summed E-state index contributed by atoms with van der Waals surface area (Å²) in [4.78, 5) is 11.8. The van der Waals surface area contributed by atoms with E-state index in [2.05, 4.69) is 5.32 Å². The Hall–Kier alpha value is -0.830. The van der Waals surface area contributed by atoms with Gasteiger partial charge >= 0.3 is 0 Å². The Morgan fingerprint density at radius 2 is 2.53 bits per heavy atom. The quantitative estimate of drug-likeness (QED) is 0.715. The van der Waals surface area contributed by atoms with Crippen LogP contribution in [0, 0.1) is 11.3 Å². The zero-order valence-corrected chi connectivity index (χ0v) is 9.29. The summed E-state index contributed by atoms with van der Waals surface area (Å²) in [7, 11) is 0. The summed E-state index contributed by atoms with van der Waals surface area (Å²) in [5, 5.41) is 2.94. The molecule has 3 nitrogen and oxygen atoms in total. The van der Waals surface area contributed by atoms with Crippen molar-refractivity contribution in [3.05, 3.63) is 12.2 Å². The highest BCUT2D eigenvalue weighted by molar-refractivity contribution is 5.82. The molecular weight excluding hydrogens is 190 g/mol. The molecule has 2 fully saturated rings. The van der Waals surface area contributed by atoms with Crippen molar-refractivity contribution < 1.29 is 9.53 Å². The molecule has 0 aromatic heterocycles. The van der Waals surface area contributed by atoms with Gasteiger partial charge in [0.05, 0.1) is 6.61 Å². The fourth-order valence-corrected chi connectivity index (χ4v) is 2.43. The second-order valence-corrected chi connectivity index (χ2v) is 4.59. The van der Waals surface area contributed by atoms with Crippen molar-refractivity contribution in [2.75, 3.05) is 19.8 Å². The van der Waals surface area contributed by atoms with Gasteiger partial charge in [-0.3, -0.25) is 4.79 Å². The molecule has 2 unspecified atom stereocenters. The fraction of sp³-hybridized carbons (Fsp3) is 0.750. The number of rotatable bonds is 3. The zero-order chi connectivity index (χ0) is 10.7. The molecule has 1 spiro atoms. The molecule has 2 rings (SSSR count). The number of amides is 1. The molecule has 0 aromatic carbocycles. The molecule has 1 aliphatic heterocycles. The average Bonchev–Trinajstić information content (AvgIpc) is 2.94. The van der Waals surface area contributed by atoms with E-state index in [1.165, 1.54) is 0 Å². The Morgan fingerprint density at radius 3 is 3.20 bits per heavy atom. The van der Waals surface area contributed by atoms with Crippen LogP contribution in [0.25, 0.3) is 0 Å². The van der Waals surface area contributed by atoms with Crippen LogP contribution in [0.4, 0.5) is 0 Å². The number of carbonyl (C=O) groups is 1. The smallest absolute Gasteiger partial charge is 0.224 e. The van der Waals surface area contributed by atoms with E-state index in [0.717, 1.165) is 32.5 Å². The topological polar surface area (TPSA) is 38.3 Å². The molecular formula is C12H19NO2. The molecule has 2 atom stereocenters. The number of ether oxygens (including phenoxy) is 1. The normalized spacial score (nSPS) is 34.6. The third kappa shape index (κ3) is 2.23. The summed E-state index contributed by atoms with van der Waals surface area (Å²) >= 11 is 0. The van der Waals surface area contributed by atoms with E-state index in [9.17, 15) is 4.79 Å². The Morgan fingerprint density at radius 1 is 1.67 bits per heavy atom. The van der Waals surface area contributed by atoms with Crippen LogP contribution in [0.5, 0.6) is 0 Å². The Balaban J connectivity index is 1.79. The van der Waals surface area contributed by atoms with Crippen molar-refractivity contribution in [2.45, 2.75) is 26.2 Å². The Bertz CT molecular complexity index is 267. The lowest BCUT2D eigenvalue weighted by Crippen LogP contribution is -2.30. The first kappa shape index (κ1) is 10.7. The minimum Gasteiger partial charge on any atom is -0.381 e. The highest BCUT2D eigenvalue weighted by Crippen LogP contribution is 2.57. The second-order valence-electron chi connectivity index (χ2n) is 4.59. The highest BCUT2D eigenvalue weighted by Gasteiger charge is 2.58. The van der Waals surface area contributed by atoms with Crippen molar-refractivity contribution in [1.29, 1.82) is 0 Å². The van der Waals surface area contributed by atoms with Gasteiger partial charge in [-0.05, 0) is 26.2 Å². The van der Waals surface area contributed by atoms with Crippen LogP contribution in [0.3, 0.4) is 0 Å². The lowest BCUT2D eigenvalue weighted by Gasteiger charge is -2.22. The van der Waals surface area contributed by atoms with Gasteiger partial charge in [0.1, 0.15) is 0 Å². The van der Waals surface area contributed by atoms with Gasteiger partial charge < -0.3 is 10.1 Å². The van der Waals surface area contributed by atoms with Gasteiger partial charge in [-0.2, -0.15) is 0 Å². The summed E-state index contributed by atoms with van der Waals surface area (Å²) in [6.45, 7) is 4.27. The van der Waals surface area contributed by atoms with Crippen LogP contribution >= 0.6 is 0 Å². The molecule has 1 heterocycles. The molecule has 84 valence electrons. The number of hydrogen-bond donors (Lipinski definition) is 1. The maximum atomic E-state index is 11.8. The van der Waals surface area contributed by atoms with E-state index < -0.39 is 0 Å². The Kier molecular flexibility index (Phi) is 3.10. The number of hydrogen-bond acceptors (Lipinski definition) is 2. The zero-order valence-electron chi connectivity index (χ0n) is 9.29. The van der Waals surface area contributed by atoms with Gasteiger partial charge in [0.25, 0.3) is 0 Å². The van der Waals surface area contributed by atoms with Crippen LogP contribution in [-0.4, -0.2) is 25.7 Å². The maximum absolute atomic E-state index is 11.8. The van der Waals surface area contributed by atoms with Gasteiger partial charge in [-0.25, -0.2) is 0 Å². The maximum Gasteiger partial charge on any atom is 0.224 e. The van der Waals surface area contributed by atoms with Crippen LogP contribution in [0.1, 0.15) is 26.2 Å². The lowest BCUT2D eigenvalue weighted by atomic mass is 9.96. The van der Waals surface area contributed by atoms with E-state index >= 15 is 0 Å². The predicted octanol–water partition coefficient (Wildman–Crippen LogP) is 1.50. The summed E-state index contributed by atoms with van der Waals surface area (Å²) in [5.41, 5.74) is 0.207. The van der Waals surface area contributed by atoms with E-state index in [1.807, 2.05) is 19.1 Å². The number of carbonyl (C=O) groups excluding carboxylic acids is 1. The molecule has 0 radical (unpaired) electrons. The minimum absolute atomic E-state index is 0.207. The van der Waals surface area contributed by atoms with E-state index in [1.54, 1.807) is 0 Å². The van der Waals surface area contributed by atoms with Crippen molar-refractivity contribution in [3.63, 3.8) is 0 Å². The molecule has 1 saturated carbocycles. The van der Waals surface area contributed by atoms with Crippen molar-refractivity contribution in [1.82, 2.24) is 5.32 Å². The lowest BCUT2D eigenvalue weighted by molar-refractivity contribution is -0.123. The molecule has 1 saturated heterocycles. The third-order valence-electron chi connectivity index (χ3n) is 3.49. The largest absolute Gasteiger partial charge is 0.381 e. The van der Waals surface area contributed by atoms with Crippen molar-refractivity contribution in [3.8, 4) is 0 Å². The first-order valence-corrected chi connectivity index (χ1v) is 5.75. The van der Waals surface area contributed by atoms with Crippen LogP contribution in [0.2, 0.25) is 0 Å². The van der Waals surface area contributed by atoms with Gasteiger partial charge in [0.15, 0.2) is 0 Å². The van der Waals surface area contributed by atoms with Crippen molar-refractivity contribution in [2.24, 2.45) is 11.3 Å². The third-order valence-corrected chi connectivity index (χ3v) is 3.49. The first-order valence-electron chi connectivity index (χ1n) is 5.75. The van der Waals surface area contributed by atoms with E-state index in [0.29, 0.717) is 6.54 Å². The molecule has 1 N–H and O–H groups in total. The van der Waals surface area contributed by atoms with Gasteiger partial charge in [-0.1, -0.05) is 12.2 Å². The molecule has 3 heteroatoms. The van der Waals surface area contributed by atoms with Crippen molar-refractivity contribution >= 4 is 5.91 Å². The monoisotopic (exact) mass is 209 g/mol. The molecule has 1 aliphatic carbocycles. The SMILES string of the molecule is C/C=C/CNC(=O)C1CC12CCCOC2. The van der Waals surface area contributed by atoms with Crippen LogP contribution < -0.4 is 5.32 Å². The summed E-state index contributed by atoms with van der Waals surface area (Å²) in [6.07, 6.45) is 7.21. The fourth-order valence-electron chi connectivity index (χ4n) is 2.43. The number of allylic oxidation sites excluding steroid dienone is 1. The molecule has 2 aliphatic rings. The number of nitrogens with one attached hydrogen (secondary N) is 1. The summed E-state index contributed by atoms with van der Waals surface area (Å²) in [6, 6.07) is 0. The Labute approximate surface area is 90.9 Å². The first-order chi connectivity index (χ1) is 7.28. The van der Waals surface area contributed by atoms with E-state index in [4.69, 9.17) is 4.74 Å². The van der Waals surface area contributed by atoms with Crippen LogP contribution in [0.15, 0.2) is 12.2 Å². The predicted molar refractivity (Wildman–Crippen MR) is 58.4 cm³/mol. The highest BCUT2D eigenvalue weighted by atomic mass is 16.5. The average molecular weight is 209 g/mol. The summed E-state index contributed by atoms with van der Waals surface area (Å²) < 4.78 is 5.46. The van der Waals surface area contributed by atoms with Gasteiger partial charge in [-0.15, -0.1) is 0 Å². The van der Waals surface area contributed by atoms with Gasteiger partial charge in [0, 0.05) is 24.5 Å². The second kappa shape index (κ2) is 4.35.